The first-order valence-electron chi connectivity index (χ1n) is 8.22. The van der Waals surface area contributed by atoms with Gasteiger partial charge in [0.05, 0.1) is 18.2 Å². The van der Waals surface area contributed by atoms with Gasteiger partial charge in [-0.15, -0.1) is 24.0 Å². The van der Waals surface area contributed by atoms with Crippen LogP contribution < -0.4 is 16.0 Å². The molecule has 146 valence electrons. The van der Waals surface area contributed by atoms with Gasteiger partial charge in [-0.05, 0) is 25.3 Å². The molecule has 26 heavy (non-hydrogen) atoms. The molecule has 11 heteroatoms. The molecule has 0 spiro atoms. The maximum atomic E-state index is 12.6. The van der Waals surface area contributed by atoms with Gasteiger partial charge in [0.2, 0.25) is 5.95 Å². The van der Waals surface area contributed by atoms with Crippen molar-refractivity contribution >= 4 is 35.9 Å². The number of nitrogens with one attached hydrogen (secondary N) is 3. The monoisotopic (exact) mass is 486 g/mol. The molecule has 1 aromatic rings. The molecule has 2 bridgehead atoms. The second-order valence-electron chi connectivity index (χ2n) is 6.05. The average molecular weight is 486 g/mol. The van der Waals surface area contributed by atoms with Crippen molar-refractivity contribution in [2.75, 3.05) is 25.5 Å². The normalized spacial score (nSPS) is 24.9. The molecule has 0 radical (unpaired) electrons. The Hall–Kier alpha value is -1.37. The van der Waals surface area contributed by atoms with Crippen LogP contribution in [0.2, 0.25) is 0 Å². The lowest BCUT2D eigenvalue weighted by Crippen LogP contribution is -2.48. The first-order valence-corrected chi connectivity index (χ1v) is 8.22. The minimum atomic E-state index is -4.48. The molecule has 0 saturated carbocycles. The highest BCUT2D eigenvalue weighted by Crippen LogP contribution is 2.34. The van der Waals surface area contributed by atoms with Crippen LogP contribution in [0, 0.1) is 0 Å². The molecule has 3 unspecified atom stereocenters. The third kappa shape index (κ3) is 5.32. The number of aromatic nitrogens is 2. The fourth-order valence-electron chi connectivity index (χ4n) is 3.12. The van der Waals surface area contributed by atoms with Crippen molar-refractivity contribution in [3.8, 4) is 0 Å². The highest BCUT2D eigenvalue weighted by molar-refractivity contribution is 14.0. The Morgan fingerprint density at radius 1 is 1.35 bits per heavy atom. The van der Waals surface area contributed by atoms with E-state index >= 15 is 0 Å². The molecule has 2 aliphatic rings. The molecular formula is C15H22F3IN6O. The summed E-state index contributed by atoms with van der Waals surface area (Å²) >= 11 is 0. The second-order valence-corrected chi connectivity index (χ2v) is 6.05. The quantitative estimate of drug-likeness (QED) is 0.256. The van der Waals surface area contributed by atoms with Crippen molar-refractivity contribution in [2.24, 2.45) is 4.99 Å². The lowest BCUT2D eigenvalue weighted by atomic mass is 9.96. The molecule has 3 rings (SSSR count). The maximum absolute atomic E-state index is 12.6. The third-order valence-electron chi connectivity index (χ3n) is 4.30. The van der Waals surface area contributed by atoms with Gasteiger partial charge in [0.1, 0.15) is 5.69 Å². The summed E-state index contributed by atoms with van der Waals surface area (Å²) in [4.78, 5) is 11.4. The summed E-state index contributed by atoms with van der Waals surface area (Å²) in [6.07, 6.45) is 0.346. The molecule has 0 aromatic carbocycles. The number of ether oxygens (including phenoxy) is 1. The zero-order valence-corrected chi connectivity index (χ0v) is 16.5. The number of fused-ring (bicyclic) bond motifs is 2. The van der Waals surface area contributed by atoms with Crippen LogP contribution in [0.3, 0.4) is 0 Å². The lowest BCUT2D eigenvalue weighted by molar-refractivity contribution is -0.141. The van der Waals surface area contributed by atoms with E-state index in [9.17, 15) is 13.2 Å². The van der Waals surface area contributed by atoms with Crippen molar-refractivity contribution in [2.45, 2.75) is 43.7 Å². The van der Waals surface area contributed by atoms with Crippen LogP contribution >= 0.6 is 24.0 Å². The molecule has 1 aromatic heterocycles. The largest absolute Gasteiger partial charge is 0.433 e. The second kappa shape index (κ2) is 9.02. The molecular weight excluding hydrogens is 464 g/mol. The van der Waals surface area contributed by atoms with Crippen molar-refractivity contribution in [1.82, 2.24) is 20.6 Å². The van der Waals surface area contributed by atoms with E-state index in [4.69, 9.17) is 4.74 Å². The van der Waals surface area contributed by atoms with Crippen LogP contribution in [-0.4, -0.2) is 54.3 Å². The molecule has 2 fully saturated rings. The van der Waals surface area contributed by atoms with E-state index in [-0.39, 0.29) is 42.1 Å². The topological polar surface area (TPSA) is 83.5 Å². The molecule has 7 nitrogen and oxygen atoms in total. The first kappa shape index (κ1) is 20.9. The Morgan fingerprint density at radius 3 is 2.77 bits per heavy atom. The van der Waals surface area contributed by atoms with E-state index in [1.165, 1.54) is 0 Å². The summed E-state index contributed by atoms with van der Waals surface area (Å²) < 4.78 is 43.6. The van der Waals surface area contributed by atoms with E-state index in [0.29, 0.717) is 25.2 Å². The lowest BCUT2D eigenvalue weighted by Gasteiger charge is -2.22. The van der Waals surface area contributed by atoms with Crippen LogP contribution in [-0.2, 0) is 10.9 Å². The Balaban J connectivity index is 0.00000243. The minimum Gasteiger partial charge on any atom is -0.373 e. The van der Waals surface area contributed by atoms with Gasteiger partial charge < -0.3 is 20.7 Å². The zero-order chi connectivity index (χ0) is 17.9. The fourth-order valence-corrected chi connectivity index (χ4v) is 3.12. The summed E-state index contributed by atoms with van der Waals surface area (Å²) in [5.74, 6) is 0.592. The van der Waals surface area contributed by atoms with Crippen LogP contribution in [0.15, 0.2) is 17.3 Å². The summed E-state index contributed by atoms with van der Waals surface area (Å²) in [6.45, 7) is 0.816. The van der Waals surface area contributed by atoms with Crippen LogP contribution in [0.25, 0.3) is 0 Å². The molecule has 3 N–H and O–H groups in total. The van der Waals surface area contributed by atoms with Gasteiger partial charge in [0.15, 0.2) is 5.96 Å². The van der Waals surface area contributed by atoms with Gasteiger partial charge in [-0.1, -0.05) is 0 Å². The van der Waals surface area contributed by atoms with Crippen LogP contribution in [0.4, 0.5) is 19.1 Å². The predicted molar refractivity (Wildman–Crippen MR) is 102 cm³/mol. The summed E-state index contributed by atoms with van der Waals surface area (Å²) in [6, 6.07) is 1.09. The zero-order valence-electron chi connectivity index (χ0n) is 14.2. The number of anilines is 1. The van der Waals surface area contributed by atoms with Crippen molar-refractivity contribution in [1.29, 1.82) is 0 Å². The fraction of sp³-hybridized carbons (Fsp3) is 0.667. The van der Waals surface area contributed by atoms with E-state index in [0.717, 1.165) is 31.5 Å². The number of halogens is 4. The van der Waals surface area contributed by atoms with Gasteiger partial charge in [0, 0.05) is 26.3 Å². The van der Waals surface area contributed by atoms with Gasteiger partial charge >= 0.3 is 6.18 Å². The van der Waals surface area contributed by atoms with Crippen molar-refractivity contribution < 1.29 is 17.9 Å². The Kier molecular flexibility index (Phi) is 7.26. The predicted octanol–water partition coefficient (Wildman–Crippen LogP) is 2.01. The summed E-state index contributed by atoms with van der Waals surface area (Å²) in [5.41, 5.74) is -0.966. The Morgan fingerprint density at radius 2 is 2.15 bits per heavy atom. The first-order chi connectivity index (χ1) is 12.0. The summed E-state index contributed by atoms with van der Waals surface area (Å²) in [7, 11) is 1.67. The van der Waals surface area contributed by atoms with E-state index < -0.39 is 11.9 Å². The molecule has 2 aliphatic heterocycles. The number of rotatable bonds is 5. The minimum absolute atomic E-state index is 0. The SMILES string of the molecule is CN=C(NCCNc1nccc(C(F)(F)F)n1)NC1CC2CCC1O2.I. The molecule has 3 atom stereocenters. The van der Waals surface area contributed by atoms with Gasteiger partial charge in [-0.3, -0.25) is 4.99 Å². The van der Waals surface area contributed by atoms with Crippen LogP contribution in [0.5, 0.6) is 0 Å². The maximum Gasteiger partial charge on any atom is 0.433 e. The number of nitrogens with zero attached hydrogens (tertiary/aromatic N) is 3. The molecule has 2 saturated heterocycles. The number of aliphatic imine (C=N–C) groups is 1. The standard InChI is InChI=1S/C15H21F3N6O.HI/c1-19-13(23-10-8-9-2-3-11(10)25-9)21-6-7-22-14-20-5-4-12(24-14)15(16,17)18;/h4-5,9-11H,2-3,6-8H2,1H3,(H2,19,21,23)(H,20,22,24);1H. The Labute approximate surface area is 166 Å². The smallest absolute Gasteiger partial charge is 0.373 e. The van der Waals surface area contributed by atoms with E-state index in [1.54, 1.807) is 7.05 Å². The van der Waals surface area contributed by atoms with Crippen molar-refractivity contribution in [3.05, 3.63) is 18.0 Å². The van der Waals surface area contributed by atoms with E-state index in [2.05, 4.69) is 30.9 Å². The highest BCUT2D eigenvalue weighted by Gasteiger charge is 2.41. The van der Waals surface area contributed by atoms with E-state index in [1.807, 2.05) is 0 Å². The molecule has 0 aliphatic carbocycles. The number of alkyl halides is 3. The van der Waals surface area contributed by atoms with Gasteiger partial charge in [-0.2, -0.15) is 13.2 Å². The van der Waals surface area contributed by atoms with Crippen LogP contribution in [0.1, 0.15) is 25.0 Å². The Bertz CT molecular complexity index is 630. The van der Waals surface area contributed by atoms with Gasteiger partial charge in [0.25, 0.3) is 0 Å². The number of hydrogen-bond acceptors (Lipinski definition) is 5. The van der Waals surface area contributed by atoms with Crippen molar-refractivity contribution in [3.63, 3.8) is 0 Å². The number of guanidine groups is 1. The third-order valence-corrected chi connectivity index (χ3v) is 4.30. The highest BCUT2D eigenvalue weighted by atomic mass is 127. The van der Waals surface area contributed by atoms with Gasteiger partial charge in [-0.25, -0.2) is 9.97 Å². The summed E-state index contributed by atoms with van der Waals surface area (Å²) in [5, 5.41) is 9.21. The molecule has 0 amide bonds. The number of hydrogen-bond donors (Lipinski definition) is 3. The average Bonchev–Trinajstić information content (AvgIpc) is 3.20. The molecule has 3 heterocycles.